The molecule has 1 amide bonds. The summed E-state index contributed by atoms with van der Waals surface area (Å²) in [6.45, 7) is 0.913. The second kappa shape index (κ2) is 7.81. The highest BCUT2D eigenvalue weighted by atomic mass is 35.5. The minimum absolute atomic E-state index is 0.0515. The van der Waals surface area contributed by atoms with Crippen molar-refractivity contribution in [2.24, 2.45) is 18.9 Å². The van der Waals surface area contributed by atoms with Gasteiger partial charge in [-0.1, -0.05) is 11.6 Å². The fourth-order valence-corrected chi connectivity index (χ4v) is 5.44. The van der Waals surface area contributed by atoms with E-state index in [1.807, 2.05) is 0 Å². The van der Waals surface area contributed by atoms with Crippen molar-refractivity contribution in [2.45, 2.75) is 49.8 Å². The van der Waals surface area contributed by atoms with Crippen LogP contribution in [0.25, 0.3) is 0 Å². The average molecular weight is 468 g/mol. The van der Waals surface area contributed by atoms with E-state index >= 15 is 0 Å². The smallest absolute Gasteiger partial charge is 0.344 e. The molecular formula is C22H24ClF2N3O4. The van der Waals surface area contributed by atoms with E-state index in [1.165, 1.54) is 18.5 Å². The number of nitrogens with zero attached hydrogens (tertiary/aromatic N) is 2. The number of alkyl halides is 1. The Balaban J connectivity index is 1.51. The molecule has 0 bridgehead atoms. The zero-order valence-electron chi connectivity index (χ0n) is 17.6. The zero-order valence-corrected chi connectivity index (χ0v) is 18.4. The van der Waals surface area contributed by atoms with E-state index in [-0.39, 0.29) is 35.6 Å². The fraction of sp³-hybridized carbons (Fsp3) is 0.500. The number of nitrogens with one attached hydrogen (secondary N) is 1. The number of carboxylic acids is 1. The Morgan fingerprint density at radius 2 is 1.94 bits per heavy atom. The zero-order chi connectivity index (χ0) is 23.4. The number of benzene rings is 1. The van der Waals surface area contributed by atoms with Crippen molar-refractivity contribution in [2.75, 3.05) is 5.32 Å². The van der Waals surface area contributed by atoms with Gasteiger partial charge in [-0.05, 0) is 62.6 Å². The lowest BCUT2D eigenvalue weighted by molar-refractivity contribution is -0.171. The Bertz CT molecular complexity index is 1070. The van der Waals surface area contributed by atoms with Crippen LogP contribution >= 0.6 is 11.6 Å². The summed E-state index contributed by atoms with van der Waals surface area (Å²) in [4.78, 5) is 28.7. The topological polar surface area (TPSA) is 104 Å². The van der Waals surface area contributed by atoms with Gasteiger partial charge in [0, 0.05) is 18.7 Å². The van der Waals surface area contributed by atoms with Gasteiger partial charge in [0.2, 0.25) is 5.67 Å². The lowest BCUT2D eigenvalue weighted by Crippen LogP contribution is -2.53. The molecule has 32 heavy (non-hydrogen) atoms. The lowest BCUT2D eigenvalue weighted by atomic mass is 9.81. The van der Waals surface area contributed by atoms with Crippen molar-refractivity contribution in [1.29, 1.82) is 0 Å². The van der Waals surface area contributed by atoms with Crippen LogP contribution in [0.5, 0.6) is 0 Å². The number of aryl methyl sites for hydroxylation is 1. The number of imidazole rings is 1. The highest BCUT2D eigenvalue weighted by Gasteiger charge is 2.61. The Morgan fingerprint density at radius 1 is 1.31 bits per heavy atom. The third-order valence-electron chi connectivity index (χ3n) is 7.06. The van der Waals surface area contributed by atoms with E-state index in [2.05, 4.69) is 10.3 Å². The van der Waals surface area contributed by atoms with Crippen LogP contribution in [0.2, 0.25) is 5.02 Å². The molecule has 10 heteroatoms. The molecule has 1 heterocycles. The van der Waals surface area contributed by atoms with Crippen LogP contribution in [-0.2, 0) is 11.8 Å². The molecule has 2 aliphatic carbocycles. The standard InChI is InChI=1S/C22H24ClF2N3O4/c1-21(25,20(30)31)22(32)8-12-5-11(6-13(12)9-22)17-18(28(2)10-26-17)19(29)27-14-3-4-16(24)15(23)7-14/h3-4,7,10-13,32H,5-6,8-9H2,1-2H3,(H,27,29)(H,30,31). The van der Waals surface area contributed by atoms with Gasteiger partial charge in [-0.15, -0.1) is 0 Å². The quantitative estimate of drug-likeness (QED) is 0.618. The van der Waals surface area contributed by atoms with Crippen molar-refractivity contribution in [1.82, 2.24) is 9.55 Å². The number of carbonyl (C=O) groups excluding carboxylic acids is 1. The van der Waals surface area contributed by atoms with Crippen molar-refractivity contribution in [3.05, 3.63) is 46.8 Å². The Morgan fingerprint density at radius 3 is 2.50 bits per heavy atom. The molecule has 3 atom stereocenters. The molecule has 2 saturated carbocycles. The van der Waals surface area contributed by atoms with Crippen LogP contribution in [0, 0.1) is 17.7 Å². The van der Waals surface area contributed by atoms with Crippen molar-refractivity contribution in [3.8, 4) is 0 Å². The first kappa shape index (κ1) is 22.7. The Kier molecular flexibility index (Phi) is 5.53. The van der Waals surface area contributed by atoms with Crippen LogP contribution in [-0.4, -0.2) is 42.9 Å². The minimum Gasteiger partial charge on any atom is -0.479 e. The van der Waals surface area contributed by atoms with Crippen LogP contribution in [0.15, 0.2) is 24.5 Å². The molecule has 2 fully saturated rings. The molecule has 3 unspecified atom stereocenters. The van der Waals surface area contributed by atoms with E-state index in [0.717, 1.165) is 13.0 Å². The number of aromatic nitrogens is 2. The van der Waals surface area contributed by atoms with Crippen LogP contribution in [0.4, 0.5) is 14.5 Å². The van der Waals surface area contributed by atoms with Gasteiger partial charge in [0.05, 0.1) is 17.0 Å². The highest BCUT2D eigenvalue weighted by Crippen LogP contribution is 2.57. The van der Waals surface area contributed by atoms with Gasteiger partial charge in [0.25, 0.3) is 5.91 Å². The number of carboxylic acid groups (broad SMARTS) is 1. The summed E-state index contributed by atoms with van der Waals surface area (Å²) in [5.41, 5.74) is -3.34. The summed E-state index contributed by atoms with van der Waals surface area (Å²) in [6.07, 6.45) is 2.78. The van der Waals surface area contributed by atoms with Crippen LogP contribution in [0.1, 0.15) is 54.7 Å². The lowest BCUT2D eigenvalue weighted by Gasteiger charge is -2.33. The molecule has 1 aromatic carbocycles. The van der Waals surface area contributed by atoms with Gasteiger partial charge in [-0.3, -0.25) is 4.79 Å². The first-order chi connectivity index (χ1) is 14.9. The molecule has 2 aromatic rings. The van der Waals surface area contributed by atoms with Crippen molar-refractivity contribution in [3.63, 3.8) is 0 Å². The van der Waals surface area contributed by atoms with E-state index in [4.69, 9.17) is 11.6 Å². The van der Waals surface area contributed by atoms with E-state index in [9.17, 15) is 28.6 Å². The Labute approximate surface area is 188 Å². The molecule has 7 nitrogen and oxygen atoms in total. The number of aliphatic hydroxyl groups is 1. The summed E-state index contributed by atoms with van der Waals surface area (Å²) < 4.78 is 29.7. The predicted molar refractivity (Wildman–Crippen MR) is 113 cm³/mol. The van der Waals surface area contributed by atoms with Gasteiger partial charge in [0.1, 0.15) is 17.1 Å². The van der Waals surface area contributed by atoms with Gasteiger partial charge in [-0.25, -0.2) is 18.6 Å². The maximum absolute atomic E-state index is 14.7. The number of fused-ring (bicyclic) bond motifs is 1. The first-order valence-corrected chi connectivity index (χ1v) is 10.7. The number of aliphatic carboxylic acids is 1. The van der Waals surface area contributed by atoms with Gasteiger partial charge >= 0.3 is 5.97 Å². The number of carbonyl (C=O) groups is 2. The van der Waals surface area contributed by atoms with Gasteiger partial charge < -0.3 is 20.1 Å². The maximum Gasteiger partial charge on any atom is 0.344 e. The summed E-state index contributed by atoms with van der Waals surface area (Å²) in [5, 5.41) is 22.5. The van der Waals surface area contributed by atoms with E-state index < -0.39 is 29.0 Å². The summed E-state index contributed by atoms with van der Waals surface area (Å²) in [6, 6.07) is 3.89. The molecular weight excluding hydrogens is 444 g/mol. The summed E-state index contributed by atoms with van der Waals surface area (Å²) in [7, 11) is 1.69. The highest BCUT2D eigenvalue weighted by molar-refractivity contribution is 6.31. The summed E-state index contributed by atoms with van der Waals surface area (Å²) in [5.74, 6) is -2.87. The molecule has 4 rings (SSSR count). The predicted octanol–water partition coefficient (Wildman–Crippen LogP) is 3.91. The molecule has 3 N–H and O–H groups in total. The second-order valence-electron chi connectivity index (χ2n) is 9.11. The van der Waals surface area contributed by atoms with E-state index in [1.54, 1.807) is 11.6 Å². The van der Waals surface area contributed by atoms with Crippen LogP contribution in [0.3, 0.4) is 0 Å². The molecule has 1 aromatic heterocycles. The number of hydrogen-bond acceptors (Lipinski definition) is 4. The van der Waals surface area contributed by atoms with Crippen molar-refractivity contribution < 1.29 is 28.6 Å². The number of amides is 1. The van der Waals surface area contributed by atoms with Crippen molar-refractivity contribution >= 4 is 29.2 Å². The maximum atomic E-state index is 14.7. The van der Waals surface area contributed by atoms with Gasteiger partial charge in [0.15, 0.2) is 0 Å². The second-order valence-corrected chi connectivity index (χ2v) is 9.52. The molecule has 0 saturated heterocycles. The molecule has 0 spiro atoms. The SMILES string of the molecule is Cn1cnc(C2CC3CC(O)(C(C)(F)C(=O)O)CC3C2)c1C(=O)Nc1ccc(F)c(Cl)c1. The largest absolute Gasteiger partial charge is 0.479 e. The normalized spacial score (nSPS) is 28.9. The molecule has 172 valence electrons. The summed E-state index contributed by atoms with van der Waals surface area (Å²) >= 11 is 5.79. The third kappa shape index (κ3) is 3.67. The van der Waals surface area contributed by atoms with Crippen LogP contribution < -0.4 is 5.32 Å². The average Bonchev–Trinajstić information content (AvgIpc) is 3.35. The molecule has 2 aliphatic rings. The first-order valence-electron chi connectivity index (χ1n) is 10.3. The van der Waals surface area contributed by atoms with Gasteiger partial charge in [-0.2, -0.15) is 0 Å². The number of rotatable bonds is 5. The Hall–Kier alpha value is -2.52. The monoisotopic (exact) mass is 467 g/mol. The molecule has 0 radical (unpaired) electrons. The van der Waals surface area contributed by atoms with E-state index in [0.29, 0.717) is 29.9 Å². The minimum atomic E-state index is -2.72. The number of hydrogen-bond donors (Lipinski definition) is 3. The number of halogens is 3. The third-order valence-corrected chi connectivity index (χ3v) is 7.35. The molecule has 0 aliphatic heterocycles. The fourth-order valence-electron chi connectivity index (χ4n) is 5.26. The number of anilines is 1.